The Hall–Kier alpha value is -0.830. The SMILES string of the molecule is CN=COc1cccs1. The monoisotopic (exact) mass is 141 g/mol. The molecule has 0 amide bonds. The molecule has 0 spiro atoms. The molecule has 1 aromatic heterocycles. The van der Waals surface area contributed by atoms with E-state index in [-0.39, 0.29) is 0 Å². The van der Waals surface area contributed by atoms with Gasteiger partial charge in [-0.25, -0.2) is 0 Å². The Kier molecular flexibility index (Phi) is 2.27. The molecule has 1 heterocycles. The minimum absolute atomic E-state index is 0.876. The van der Waals surface area contributed by atoms with Crippen LogP contribution in [-0.2, 0) is 0 Å². The first-order chi connectivity index (χ1) is 4.43. The van der Waals surface area contributed by atoms with Crippen molar-refractivity contribution >= 4 is 17.7 Å². The summed E-state index contributed by atoms with van der Waals surface area (Å²) in [5, 5.41) is 2.83. The molecule has 2 nitrogen and oxygen atoms in total. The molecular weight excluding hydrogens is 134 g/mol. The maximum Gasteiger partial charge on any atom is 0.182 e. The van der Waals surface area contributed by atoms with Gasteiger partial charge < -0.3 is 4.74 Å². The van der Waals surface area contributed by atoms with Gasteiger partial charge in [-0.1, -0.05) is 0 Å². The van der Waals surface area contributed by atoms with E-state index in [4.69, 9.17) is 4.74 Å². The molecule has 48 valence electrons. The first-order valence-electron chi connectivity index (χ1n) is 2.54. The van der Waals surface area contributed by atoms with Crippen molar-refractivity contribution in [3.8, 4) is 5.06 Å². The lowest BCUT2D eigenvalue weighted by Gasteiger charge is -1.88. The highest BCUT2D eigenvalue weighted by Gasteiger charge is 1.86. The second kappa shape index (κ2) is 3.25. The van der Waals surface area contributed by atoms with Crippen molar-refractivity contribution in [1.82, 2.24) is 0 Å². The van der Waals surface area contributed by atoms with E-state index in [9.17, 15) is 0 Å². The van der Waals surface area contributed by atoms with Crippen LogP contribution in [0.25, 0.3) is 0 Å². The van der Waals surface area contributed by atoms with Crippen molar-refractivity contribution in [3.05, 3.63) is 17.5 Å². The maximum absolute atomic E-state index is 5.02. The summed E-state index contributed by atoms with van der Waals surface area (Å²) in [6.45, 7) is 0. The average molecular weight is 141 g/mol. The summed E-state index contributed by atoms with van der Waals surface area (Å²) in [6, 6.07) is 3.83. The molecular formula is C6H7NOS. The number of rotatable bonds is 2. The summed E-state index contributed by atoms with van der Waals surface area (Å²) in [7, 11) is 1.67. The molecule has 0 atom stereocenters. The number of ether oxygens (including phenoxy) is 1. The molecule has 0 unspecified atom stereocenters. The van der Waals surface area contributed by atoms with E-state index in [1.165, 1.54) is 6.40 Å². The standard InChI is InChI=1S/C6H7NOS/c1-7-5-8-6-3-2-4-9-6/h2-5H,1H3. The number of aliphatic imine (C=N–C) groups is 1. The van der Waals surface area contributed by atoms with Crippen LogP contribution < -0.4 is 4.74 Å². The first kappa shape index (κ1) is 6.29. The quantitative estimate of drug-likeness (QED) is 0.454. The molecule has 0 saturated heterocycles. The van der Waals surface area contributed by atoms with Crippen molar-refractivity contribution < 1.29 is 4.74 Å². The summed E-state index contributed by atoms with van der Waals surface area (Å²) in [4.78, 5) is 3.67. The summed E-state index contributed by atoms with van der Waals surface area (Å²) in [6.07, 6.45) is 1.42. The Labute approximate surface area is 57.8 Å². The van der Waals surface area contributed by atoms with E-state index in [1.807, 2.05) is 17.5 Å². The molecule has 0 saturated carbocycles. The molecule has 0 aliphatic rings. The van der Waals surface area contributed by atoms with Crippen LogP contribution in [0.4, 0.5) is 0 Å². The molecule has 1 aromatic rings. The predicted octanol–water partition coefficient (Wildman–Crippen LogP) is 1.78. The third-order valence-electron chi connectivity index (χ3n) is 0.769. The minimum atomic E-state index is 0.876. The topological polar surface area (TPSA) is 21.6 Å². The first-order valence-corrected chi connectivity index (χ1v) is 3.42. The molecule has 0 aromatic carbocycles. The van der Waals surface area contributed by atoms with E-state index in [2.05, 4.69) is 4.99 Å². The molecule has 0 bridgehead atoms. The van der Waals surface area contributed by atoms with Gasteiger partial charge in [0.05, 0.1) is 0 Å². The van der Waals surface area contributed by atoms with Crippen molar-refractivity contribution in [2.24, 2.45) is 4.99 Å². The minimum Gasteiger partial charge on any atom is -0.435 e. The molecule has 0 N–H and O–H groups in total. The van der Waals surface area contributed by atoms with Crippen LogP contribution in [0.2, 0.25) is 0 Å². The van der Waals surface area contributed by atoms with Crippen molar-refractivity contribution in [3.63, 3.8) is 0 Å². The van der Waals surface area contributed by atoms with Crippen molar-refractivity contribution in [2.45, 2.75) is 0 Å². The van der Waals surface area contributed by atoms with Gasteiger partial charge in [-0.15, -0.1) is 11.3 Å². The smallest absolute Gasteiger partial charge is 0.182 e. The number of thiophene rings is 1. The lowest BCUT2D eigenvalue weighted by molar-refractivity contribution is 0.590. The van der Waals surface area contributed by atoms with Crippen molar-refractivity contribution in [1.29, 1.82) is 0 Å². The largest absolute Gasteiger partial charge is 0.435 e. The van der Waals surface area contributed by atoms with Crippen LogP contribution in [0.5, 0.6) is 5.06 Å². The zero-order chi connectivity index (χ0) is 6.53. The summed E-state index contributed by atoms with van der Waals surface area (Å²) in [5.41, 5.74) is 0. The van der Waals surface area contributed by atoms with Gasteiger partial charge in [-0.05, 0) is 17.5 Å². The van der Waals surface area contributed by atoms with Crippen LogP contribution in [0, 0.1) is 0 Å². The summed E-state index contributed by atoms with van der Waals surface area (Å²) >= 11 is 1.55. The number of hydrogen-bond acceptors (Lipinski definition) is 3. The molecule has 1 rings (SSSR count). The van der Waals surface area contributed by atoms with Crippen molar-refractivity contribution in [2.75, 3.05) is 7.05 Å². The fourth-order valence-electron chi connectivity index (χ4n) is 0.435. The third-order valence-corrected chi connectivity index (χ3v) is 1.53. The number of nitrogens with zero attached hydrogens (tertiary/aromatic N) is 1. The van der Waals surface area contributed by atoms with Gasteiger partial charge in [-0.3, -0.25) is 4.99 Å². The highest BCUT2D eigenvalue weighted by Crippen LogP contribution is 2.16. The Morgan fingerprint density at radius 3 is 3.22 bits per heavy atom. The van der Waals surface area contributed by atoms with Gasteiger partial charge in [0.25, 0.3) is 0 Å². The zero-order valence-electron chi connectivity index (χ0n) is 5.07. The number of hydrogen-bond donors (Lipinski definition) is 0. The Morgan fingerprint density at radius 2 is 2.67 bits per heavy atom. The molecule has 0 aliphatic carbocycles. The van der Waals surface area contributed by atoms with Gasteiger partial charge in [0.15, 0.2) is 11.5 Å². The Morgan fingerprint density at radius 1 is 1.78 bits per heavy atom. The van der Waals surface area contributed by atoms with E-state index < -0.39 is 0 Å². The Balaban J connectivity index is 2.48. The second-order valence-corrected chi connectivity index (χ2v) is 2.32. The van der Waals surface area contributed by atoms with E-state index in [1.54, 1.807) is 18.4 Å². The normalized spacial score (nSPS) is 10.3. The second-order valence-electron chi connectivity index (χ2n) is 1.41. The summed E-state index contributed by atoms with van der Waals surface area (Å²) in [5.74, 6) is 0. The van der Waals surface area contributed by atoms with Crippen LogP contribution >= 0.6 is 11.3 Å². The van der Waals surface area contributed by atoms with Gasteiger partial charge in [0.2, 0.25) is 0 Å². The molecule has 3 heteroatoms. The highest BCUT2D eigenvalue weighted by atomic mass is 32.1. The van der Waals surface area contributed by atoms with Crippen LogP contribution in [0.1, 0.15) is 0 Å². The molecule has 0 fully saturated rings. The van der Waals surface area contributed by atoms with Gasteiger partial charge in [0, 0.05) is 7.05 Å². The lowest BCUT2D eigenvalue weighted by atomic mass is 10.7. The van der Waals surface area contributed by atoms with E-state index in [0.717, 1.165) is 5.06 Å². The van der Waals surface area contributed by atoms with E-state index in [0.29, 0.717) is 0 Å². The van der Waals surface area contributed by atoms with Gasteiger partial charge in [-0.2, -0.15) is 0 Å². The maximum atomic E-state index is 5.02. The van der Waals surface area contributed by atoms with Crippen LogP contribution in [0.3, 0.4) is 0 Å². The average Bonchev–Trinajstić information content (AvgIpc) is 2.34. The van der Waals surface area contributed by atoms with Crippen LogP contribution in [-0.4, -0.2) is 13.4 Å². The zero-order valence-corrected chi connectivity index (χ0v) is 5.89. The third kappa shape index (κ3) is 1.85. The fraction of sp³-hybridized carbons (Fsp3) is 0.167. The van der Waals surface area contributed by atoms with Gasteiger partial charge in [0.1, 0.15) is 0 Å². The fourth-order valence-corrected chi connectivity index (χ4v) is 0.982. The Bertz CT molecular complexity index is 181. The highest BCUT2D eigenvalue weighted by molar-refractivity contribution is 7.11. The van der Waals surface area contributed by atoms with Gasteiger partial charge >= 0.3 is 0 Å². The molecule has 0 aliphatic heterocycles. The predicted molar refractivity (Wildman–Crippen MR) is 39.4 cm³/mol. The molecule has 9 heavy (non-hydrogen) atoms. The summed E-state index contributed by atoms with van der Waals surface area (Å²) < 4.78 is 5.02. The molecule has 0 radical (unpaired) electrons. The lowest BCUT2D eigenvalue weighted by Crippen LogP contribution is -1.84. The van der Waals surface area contributed by atoms with Crippen LogP contribution in [0.15, 0.2) is 22.5 Å². The van der Waals surface area contributed by atoms with E-state index >= 15 is 0 Å².